The number of nitrogens with one attached hydrogen (secondary N) is 2. The minimum atomic E-state index is -4.46. The van der Waals surface area contributed by atoms with Crippen LogP contribution in [0.15, 0.2) is 35.8 Å². The number of carbonyl (C=O) groups is 2. The number of nitrogens with zero attached hydrogens (tertiary/aromatic N) is 1. The second-order valence-electron chi connectivity index (χ2n) is 5.12. The number of ether oxygens (including phenoxy) is 1. The van der Waals surface area contributed by atoms with Gasteiger partial charge in [-0.3, -0.25) is 4.79 Å². The first kappa shape index (κ1) is 19.5. The van der Waals surface area contributed by atoms with E-state index >= 15 is 0 Å². The zero-order valence-electron chi connectivity index (χ0n) is 13.2. The van der Waals surface area contributed by atoms with E-state index in [1.807, 2.05) is 0 Å². The van der Waals surface area contributed by atoms with Crippen molar-refractivity contribution in [3.8, 4) is 5.88 Å². The number of pyridine rings is 1. The molecule has 2 aromatic heterocycles. The normalized spacial score (nSPS) is 12.3. The first-order chi connectivity index (χ1) is 12.2. The second kappa shape index (κ2) is 8.52. The Labute approximate surface area is 150 Å². The van der Waals surface area contributed by atoms with Gasteiger partial charge in [0.25, 0.3) is 0 Å². The molecule has 0 aliphatic heterocycles. The maximum atomic E-state index is 12.1. The molecule has 0 saturated carbocycles. The largest absolute Gasteiger partial charge is 0.468 e. The molecule has 26 heavy (non-hydrogen) atoms. The number of hydrogen-bond donors (Lipinski definition) is 3. The van der Waals surface area contributed by atoms with Crippen LogP contribution >= 0.6 is 11.3 Å². The van der Waals surface area contributed by atoms with E-state index in [2.05, 4.69) is 20.4 Å². The number of nitrogens with two attached hydrogens (primary N) is 1. The van der Waals surface area contributed by atoms with Gasteiger partial charge < -0.3 is 21.1 Å². The quantitative estimate of drug-likeness (QED) is 0.678. The molecule has 0 saturated heterocycles. The monoisotopic (exact) mass is 388 g/mol. The molecule has 140 valence electrons. The van der Waals surface area contributed by atoms with Crippen LogP contribution in [0.25, 0.3) is 0 Å². The minimum Gasteiger partial charge on any atom is -0.468 e. The number of alkyl halides is 3. The van der Waals surface area contributed by atoms with E-state index in [0.717, 1.165) is 4.88 Å². The van der Waals surface area contributed by atoms with Gasteiger partial charge >= 0.3 is 12.2 Å². The van der Waals surface area contributed by atoms with Crippen LogP contribution in [0, 0.1) is 0 Å². The summed E-state index contributed by atoms with van der Waals surface area (Å²) < 4.78 is 40.7. The molecule has 0 spiro atoms. The van der Waals surface area contributed by atoms with E-state index < -0.39 is 30.8 Å². The predicted molar refractivity (Wildman–Crippen MR) is 88.8 cm³/mol. The van der Waals surface area contributed by atoms with Crippen molar-refractivity contribution >= 4 is 29.0 Å². The Morgan fingerprint density at radius 2 is 2.08 bits per heavy atom. The van der Waals surface area contributed by atoms with Crippen LogP contribution in [0.1, 0.15) is 17.3 Å². The van der Waals surface area contributed by atoms with E-state index in [0.29, 0.717) is 0 Å². The highest BCUT2D eigenvalue weighted by atomic mass is 32.1. The summed E-state index contributed by atoms with van der Waals surface area (Å²) in [5.41, 5.74) is 5.40. The Hall–Kier alpha value is -2.82. The molecule has 2 heterocycles. The number of halogens is 3. The van der Waals surface area contributed by atoms with Crippen LogP contribution in [0.2, 0.25) is 0 Å². The number of rotatable bonds is 7. The number of amides is 3. The Bertz CT molecular complexity index is 736. The average molecular weight is 388 g/mol. The summed E-state index contributed by atoms with van der Waals surface area (Å²) in [6, 6.07) is 4.75. The maximum absolute atomic E-state index is 12.1. The number of hydrogen-bond acceptors (Lipinski definition) is 5. The van der Waals surface area contributed by atoms with Crippen LogP contribution < -0.4 is 21.1 Å². The third-order valence-corrected chi connectivity index (χ3v) is 3.98. The fourth-order valence-corrected chi connectivity index (χ4v) is 2.75. The topological polar surface area (TPSA) is 106 Å². The summed E-state index contributed by atoms with van der Waals surface area (Å²) in [6.45, 7) is -1.45. The van der Waals surface area contributed by atoms with Gasteiger partial charge in [0.15, 0.2) is 6.61 Å². The van der Waals surface area contributed by atoms with Crippen LogP contribution in [0.4, 0.5) is 23.7 Å². The highest BCUT2D eigenvalue weighted by molar-refractivity contribution is 7.10. The van der Waals surface area contributed by atoms with Gasteiger partial charge in [-0.05, 0) is 17.5 Å². The molecule has 4 N–H and O–H groups in total. The Morgan fingerprint density at radius 1 is 1.31 bits per heavy atom. The molecule has 0 aliphatic rings. The Morgan fingerprint density at radius 3 is 2.62 bits per heavy atom. The fraction of sp³-hybridized carbons (Fsp3) is 0.267. The van der Waals surface area contributed by atoms with Crippen molar-refractivity contribution in [2.45, 2.75) is 18.6 Å². The molecule has 2 rings (SSSR count). The number of urea groups is 1. The van der Waals surface area contributed by atoms with Gasteiger partial charge in [-0.2, -0.15) is 13.2 Å². The first-order valence-electron chi connectivity index (χ1n) is 7.28. The maximum Gasteiger partial charge on any atom is 0.422 e. The molecule has 0 aromatic carbocycles. The molecule has 0 bridgehead atoms. The van der Waals surface area contributed by atoms with Crippen molar-refractivity contribution in [1.82, 2.24) is 10.3 Å². The van der Waals surface area contributed by atoms with Gasteiger partial charge in [0.2, 0.25) is 11.8 Å². The van der Waals surface area contributed by atoms with Crippen molar-refractivity contribution in [1.29, 1.82) is 0 Å². The second-order valence-corrected chi connectivity index (χ2v) is 6.10. The molecular weight excluding hydrogens is 373 g/mol. The van der Waals surface area contributed by atoms with Crippen molar-refractivity contribution in [2.24, 2.45) is 5.73 Å². The van der Waals surface area contributed by atoms with E-state index in [-0.39, 0.29) is 18.0 Å². The lowest BCUT2D eigenvalue weighted by atomic mass is 10.1. The van der Waals surface area contributed by atoms with Crippen LogP contribution in [-0.4, -0.2) is 29.7 Å². The summed E-state index contributed by atoms with van der Waals surface area (Å²) in [7, 11) is 0. The molecule has 2 aromatic rings. The van der Waals surface area contributed by atoms with Crippen LogP contribution in [0.3, 0.4) is 0 Å². The van der Waals surface area contributed by atoms with Gasteiger partial charge in [-0.15, -0.1) is 11.3 Å². The van der Waals surface area contributed by atoms with Crippen molar-refractivity contribution < 1.29 is 27.5 Å². The molecular formula is C15H15F3N4O3S. The minimum absolute atomic E-state index is 0.0736. The smallest absolute Gasteiger partial charge is 0.422 e. The number of thiophene rings is 1. The Kier molecular flexibility index (Phi) is 6.39. The van der Waals surface area contributed by atoms with Crippen molar-refractivity contribution in [3.63, 3.8) is 0 Å². The summed E-state index contributed by atoms with van der Waals surface area (Å²) in [5.74, 6) is -0.643. The summed E-state index contributed by atoms with van der Waals surface area (Å²) in [5, 5.41) is 6.82. The van der Waals surface area contributed by atoms with Crippen molar-refractivity contribution in [2.75, 3.05) is 11.9 Å². The van der Waals surface area contributed by atoms with Crippen LogP contribution in [0.5, 0.6) is 5.88 Å². The van der Waals surface area contributed by atoms with Gasteiger partial charge in [-0.25, -0.2) is 9.78 Å². The van der Waals surface area contributed by atoms with Gasteiger partial charge in [-0.1, -0.05) is 6.07 Å². The summed E-state index contributed by atoms with van der Waals surface area (Å²) in [6.07, 6.45) is -3.36. The summed E-state index contributed by atoms with van der Waals surface area (Å²) >= 11 is 1.36. The van der Waals surface area contributed by atoms with Gasteiger partial charge in [0.1, 0.15) is 0 Å². The van der Waals surface area contributed by atoms with E-state index in [9.17, 15) is 22.8 Å². The highest BCUT2D eigenvalue weighted by Crippen LogP contribution is 2.23. The van der Waals surface area contributed by atoms with Gasteiger partial charge in [0.05, 0.1) is 24.3 Å². The molecule has 1 atom stereocenters. The van der Waals surface area contributed by atoms with E-state index in [1.54, 1.807) is 17.5 Å². The van der Waals surface area contributed by atoms with Crippen molar-refractivity contribution in [3.05, 3.63) is 40.7 Å². The predicted octanol–water partition coefficient (Wildman–Crippen LogP) is 2.82. The van der Waals surface area contributed by atoms with E-state index in [4.69, 9.17) is 5.73 Å². The lowest BCUT2D eigenvalue weighted by molar-refractivity contribution is -0.154. The van der Waals surface area contributed by atoms with E-state index in [1.165, 1.54) is 29.7 Å². The average Bonchev–Trinajstić information content (AvgIpc) is 3.07. The highest BCUT2D eigenvalue weighted by Gasteiger charge is 2.28. The number of carbonyl (C=O) groups excluding carboxylic acids is 2. The zero-order valence-corrected chi connectivity index (χ0v) is 14.1. The Balaban J connectivity index is 1.92. The molecule has 3 amide bonds. The molecule has 0 aliphatic carbocycles. The lowest BCUT2D eigenvalue weighted by Gasteiger charge is -2.16. The number of primary amides is 1. The number of aromatic nitrogens is 1. The van der Waals surface area contributed by atoms with Crippen LogP contribution in [-0.2, 0) is 4.79 Å². The third-order valence-electron chi connectivity index (χ3n) is 3.00. The molecule has 0 radical (unpaired) electrons. The third kappa shape index (κ3) is 6.59. The molecule has 11 heteroatoms. The molecule has 1 unspecified atom stereocenters. The standard InChI is InChI=1S/C15H15F3N4O3S/c16-15(17,18)8-25-13-4-3-9(7-20-13)21-12(23)6-10(22-14(19)24)11-2-1-5-26-11/h1-5,7,10H,6,8H2,(H,21,23)(H3,19,22,24). The summed E-state index contributed by atoms with van der Waals surface area (Å²) in [4.78, 5) is 27.7. The SMILES string of the molecule is NC(=O)NC(CC(=O)Nc1ccc(OCC(F)(F)F)nc1)c1cccs1. The number of anilines is 1. The molecule has 7 nitrogen and oxygen atoms in total. The molecule has 0 fully saturated rings. The fourth-order valence-electron chi connectivity index (χ4n) is 1.98. The lowest BCUT2D eigenvalue weighted by Crippen LogP contribution is -2.34. The van der Waals surface area contributed by atoms with Gasteiger partial charge in [0, 0.05) is 10.9 Å². The first-order valence-corrected chi connectivity index (χ1v) is 8.16. The zero-order chi connectivity index (χ0) is 19.2.